The van der Waals surface area contributed by atoms with E-state index < -0.39 is 0 Å². The minimum atomic E-state index is 0.0833. The Hall–Kier alpha value is -0.580. The van der Waals surface area contributed by atoms with Gasteiger partial charge in [-0.1, -0.05) is 29.8 Å². The lowest BCUT2D eigenvalue weighted by molar-refractivity contribution is 0.0815. The first-order valence-electron chi connectivity index (χ1n) is 7.52. The largest absolute Gasteiger partial charge is 0.491 e. The fourth-order valence-electron chi connectivity index (χ4n) is 1.72. The van der Waals surface area contributed by atoms with Gasteiger partial charge in [-0.15, -0.1) is 0 Å². The van der Waals surface area contributed by atoms with E-state index in [2.05, 4.69) is 61.9 Å². The van der Waals surface area contributed by atoms with Crippen molar-refractivity contribution >= 4 is 15.9 Å². The molecule has 1 aromatic carbocycles. The first kappa shape index (κ1) is 18.5. The summed E-state index contributed by atoms with van der Waals surface area (Å²) in [5, 5.41) is 3.49. The normalized spacial score (nSPS) is 12.0. The Kier molecular flexibility index (Phi) is 7.71. The maximum atomic E-state index is 5.85. The Balaban J connectivity index is 2.52. The van der Waals surface area contributed by atoms with Crippen LogP contribution in [0.15, 0.2) is 22.7 Å². The van der Waals surface area contributed by atoms with Crippen molar-refractivity contribution < 1.29 is 9.47 Å². The van der Waals surface area contributed by atoms with Crippen molar-refractivity contribution in [1.29, 1.82) is 0 Å². The van der Waals surface area contributed by atoms with Crippen LogP contribution < -0.4 is 10.1 Å². The fourth-order valence-corrected chi connectivity index (χ4v) is 2.13. The number of hydrogen-bond donors (Lipinski definition) is 1. The second-order valence-electron chi connectivity index (χ2n) is 6.67. The van der Waals surface area contributed by atoms with E-state index in [1.807, 2.05) is 12.1 Å². The zero-order valence-electron chi connectivity index (χ0n) is 13.8. The highest BCUT2D eigenvalue weighted by atomic mass is 79.9. The van der Waals surface area contributed by atoms with Gasteiger partial charge in [0.05, 0.1) is 6.61 Å². The first-order chi connectivity index (χ1) is 9.78. The van der Waals surface area contributed by atoms with Gasteiger partial charge in [0.2, 0.25) is 0 Å². The monoisotopic (exact) mass is 357 g/mol. The number of hydrogen-bond acceptors (Lipinski definition) is 3. The highest BCUT2D eigenvalue weighted by Gasteiger charge is 2.11. The molecule has 0 aliphatic rings. The molecule has 1 rings (SSSR count). The van der Waals surface area contributed by atoms with E-state index in [0.29, 0.717) is 19.1 Å². The number of rotatable bonds is 8. The SMILES string of the molecule is CC(C)COCCOc1ccc(Br)cc1CNC(C)(C)C. The quantitative estimate of drug-likeness (QED) is 0.699. The van der Waals surface area contributed by atoms with Crippen molar-refractivity contribution in [3.63, 3.8) is 0 Å². The summed E-state index contributed by atoms with van der Waals surface area (Å²) in [7, 11) is 0. The molecule has 0 atom stereocenters. The van der Waals surface area contributed by atoms with Crippen molar-refractivity contribution in [3.05, 3.63) is 28.2 Å². The minimum Gasteiger partial charge on any atom is -0.491 e. The van der Waals surface area contributed by atoms with E-state index in [1.54, 1.807) is 0 Å². The molecule has 1 aromatic rings. The van der Waals surface area contributed by atoms with Gasteiger partial charge in [0.25, 0.3) is 0 Å². The van der Waals surface area contributed by atoms with Gasteiger partial charge in [-0.3, -0.25) is 0 Å². The number of halogens is 1. The van der Waals surface area contributed by atoms with E-state index in [0.717, 1.165) is 28.9 Å². The Morgan fingerprint density at radius 3 is 2.52 bits per heavy atom. The summed E-state index contributed by atoms with van der Waals surface area (Å²) < 4.78 is 12.5. The Morgan fingerprint density at radius 1 is 1.19 bits per heavy atom. The zero-order valence-corrected chi connectivity index (χ0v) is 15.4. The van der Waals surface area contributed by atoms with Crippen molar-refractivity contribution in [2.75, 3.05) is 19.8 Å². The molecule has 0 aliphatic heterocycles. The van der Waals surface area contributed by atoms with E-state index >= 15 is 0 Å². The van der Waals surface area contributed by atoms with Gasteiger partial charge in [0, 0.05) is 28.7 Å². The van der Waals surface area contributed by atoms with Crippen molar-refractivity contribution in [2.24, 2.45) is 5.92 Å². The summed E-state index contributed by atoms with van der Waals surface area (Å²) in [6, 6.07) is 6.11. The fraction of sp³-hybridized carbons (Fsp3) is 0.647. The van der Waals surface area contributed by atoms with E-state index in [1.165, 1.54) is 0 Å². The van der Waals surface area contributed by atoms with Crippen LogP contribution in [0, 0.1) is 5.92 Å². The lowest BCUT2D eigenvalue weighted by Gasteiger charge is -2.22. The molecule has 0 spiro atoms. The molecule has 0 heterocycles. The van der Waals surface area contributed by atoms with Gasteiger partial charge in [0.15, 0.2) is 0 Å². The molecule has 0 saturated heterocycles. The predicted octanol–water partition coefficient (Wildman–Crippen LogP) is 4.39. The first-order valence-corrected chi connectivity index (χ1v) is 8.31. The number of ether oxygens (including phenoxy) is 2. The Morgan fingerprint density at radius 2 is 1.90 bits per heavy atom. The third-order valence-corrected chi connectivity index (χ3v) is 3.26. The van der Waals surface area contributed by atoms with Crippen LogP contribution in [0.1, 0.15) is 40.2 Å². The lowest BCUT2D eigenvalue weighted by atomic mass is 10.1. The van der Waals surface area contributed by atoms with Gasteiger partial charge in [-0.2, -0.15) is 0 Å². The van der Waals surface area contributed by atoms with Crippen LogP contribution in [0.25, 0.3) is 0 Å². The third-order valence-electron chi connectivity index (χ3n) is 2.77. The summed E-state index contributed by atoms with van der Waals surface area (Å²) >= 11 is 3.52. The maximum absolute atomic E-state index is 5.85. The predicted molar refractivity (Wildman–Crippen MR) is 91.9 cm³/mol. The standard InChI is InChI=1S/C17H28BrNO2/c1-13(2)12-20-8-9-21-16-7-6-15(18)10-14(16)11-19-17(3,4)5/h6-7,10,13,19H,8-9,11-12H2,1-5H3. The molecular weight excluding hydrogens is 330 g/mol. The summed E-state index contributed by atoms with van der Waals surface area (Å²) in [5.41, 5.74) is 1.24. The van der Waals surface area contributed by atoms with Crippen LogP contribution in [0.2, 0.25) is 0 Å². The smallest absolute Gasteiger partial charge is 0.123 e. The lowest BCUT2D eigenvalue weighted by Crippen LogP contribution is -2.35. The Labute approximate surface area is 137 Å². The highest BCUT2D eigenvalue weighted by Crippen LogP contribution is 2.23. The molecule has 0 amide bonds. The molecule has 0 radical (unpaired) electrons. The van der Waals surface area contributed by atoms with Crippen LogP contribution in [0.5, 0.6) is 5.75 Å². The third kappa shape index (κ3) is 8.44. The molecule has 0 aliphatic carbocycles. The van der Waals surface area contributed by atoms with Crippen LogP contribution in [0.3, 0.4) is 0 Å². The van der Waals surface area contributed by atoms with E-state index in [9.17, 15) is 0 Å². The summed E-state index contributed by atoms with van der Waals surface area (Å²) in [6.07, 6.45) is 0. The van der Waals surface area contributed by atoms with E-state index in [4.69, 9.17) is 9.47 Å². The van der Waals surface area contributed by atoms with Crippen LogP contribution in [0.4, 0.5) is 0 Å². The molecule has 3 nitrogen and oxygen atoms in total. The minimum absolute atomic E-state index is 0.0833. The van der Waals surface area contributed by atoms with Crippen molar-refractivity contribution in [3.8, 4) is 5.75 Å². The molecule has 0 saturated carbocycles. The number of nitrogens with one attached hydrogen (secondary N) is 1. The van der Waals surface area contributed by atoms with Crippen molar-refractivity contribution in [2.45, 2.75) is 46.7 Å². The van der Waals surface area contributed by atoms with Gasteiger partial charge in [-0.25, -0.2) is 0 Å². The molecule has 4 heteroatoms. The van der Waals surface area contributed by atoms with Crippen LogP contribution >= 0.6 is 15.9 Å². The molecule has 21 heavy (non-hydrogen) atoms. The maximum Gasteiger partial charge on any atom is 0.123 e. The van der Waals surface area contributed by atoms with Gasteiger partial charge >= 0.3 is 0 Å². The second kappa shape index (κ2) is 8.76. The molecule has 120 valence electrons. The summed E-state index contributed by atoms with van der Waals surface area (Å²) in [5.74, 6) is 1.48. The topological polar surface area (TPSA) is 30.5 Å². The highest BCUT2D eigenvalue weighted by molar-refractivity contribution is 9.10. The molecular formula is C17H28BrNO2. The van der Waals surface area contributed by atoms with E-state index in [-0.39, 0.29) is 5.54 Å². The molecule has 0 bridgehead atoms. The second-order valence-corrected chi connectivity index (χ2v) is 7.59. The Bertz CT molecular complexity index is 427. The average molecular weight is 358 g/mol. The zero-order chi connectivity index (χ0) is 15.9. The summed E-state index contributed by atoms with van der Waals surface area (Å²) in [6.45, 7) is 13.5. The van der Waals surface area contributed by atoms with Gasteiger partial charge < -0.3 is 14.8 Å². The molecule has 0 unspecified atom stereocenters. The van der Waals surface area contributed by atoms with Crippen molar-refractivity contribution in [1.82, 2.24) is 5.32 Å². The molecule has 0 aromatic heterocycles. The number of benzene rings is 1. The van der Waals surface area contributed by atoms with Crippen LogP contribution in [-0.2, 0) is 11.3 Å². The van der Waals surface area contributed by atoms with Crippen LogP contribution in [-0.4, -0.2) is 25.4 Å². The summed E-state index contributed by atoms with van der Waals surface area (Å²) in [4.78, 5) is 0. The molecule has 0 fully saturated rings. The van der Waals surface area contributed by atoms with Gasteiger partial charge in [0.1, 0.15) is 12.4 Å². The average Bonchev–Trinajstić information content (AvgIpc) is 2.36. The molecule has 1 N–H and O–H groups in total. The van der Waals surface area contributed by atoms with Gasteiger partial charge in [-0.05, 0) is 44.9 Å².